The first-order valence-corrected chi connectivity index (χ1v) is 8.46. The van der Waals surface area contributed by atoms with Gasteiger partial charge in [-0.1, -0.05) is 17.7 Å². The van der Waals surface area contributed by atoms with Crippen molar-refractivity contribution in [3.8, 4) is 11.5 Å². The molecule has 0 amide bonds. The number of carbonyl (C=O) groups is 1. The zero-order chi connectivity index (χ0) is 20.3. The molecule has 0 fully saturated rings. The Morgan fingerprint density at radius 1 is 1.21 bits per heavy atom. The van der Waals surface area contributed by atoms with Crippen LogP contribution in [-0.4, -0.2) is 28.1 Å². The van der Waals surface area contributed by atoms with E-state index in [1.54, 1.807) is 14.0 Å². The van der Waals surface area contributed by atoms with E-state index >= 15 is 0 Å². The molecule has 3 rings (SSSR count). The van der Waals surface area contributed by atoms with E-state index in [4.69, 9.17) is 9.15 Å². The lowest BCUT2D eigenvalue weighted by Gasteiger charge is -2.10. The lowest BCUT2D eigenvalue weighted by atomic mass is 10.1. The number of aromatic nitrogens is 2. The van der Waals surface area contributed by atoms with Crippen molar-refractivity contribution in [1.29, 1.82) is 0 Å². The Bertz CT molecular complexity index is 1010. The van der Waals surface area contributed by atoms with Crippen LogP contribution in [-0.2, 0) is 4.74 Å². The predicted octanol–water partition coefficient (Wildman–Crippen LogP) is 3.91. The number of aryl methyl sites for hydroxylation is 1. The Morgan fingerprint density at radius 2 is 1.93 bits per heavy atom. The van der Waals surface area contributed by atoms with Crippen molar-refractivity contribution in [3.63, 3.8) is 0 Å². The maximum atomic E-state index is 12.4. The van der Waals surface area contributed by atoms with Gasteiger partial charge in [0.25, 0.3) is 11.6 Å². The van der Waals surface area contributed by atoms with Gasteiger partial charge < -0.3 is 14.5 Å². The Morgan fingerprint density at radius 3 is 2.57 bits per heavy atom. The fourth-order valence-electron chi connectivity index (χ4n) is 2.51. The summed E-state index contributed by atoms with van der Waals surface area (Å²) < 4.78 is 10.9. The third kappa shape index (κ3) is 3.98. The molecule has 1 aromatic heterocycles. The van der Waals surface area contributed by atoms with Crippen LogP contribution < -0.4 is 5.32 Å². The average molecular weight is 382 g/mol. The van der Waals surface area contributed by atoms with E-state index in [9.17, 15) is 14.9 Å². The van der Waals surface area contributed by atoms with E-state index < -0.39 is 17.0 Å². The van der Waals surface area contributed by atoms with Crippen molar-refractivity contribution in [3.05, 3.63) is 69.6 Å². The first-order valence-electron chi connectivity index (χ1n) is 8.46. The number of carbonyl (C=O) groups excluding carboxylic acids is 1. The number of benzene rings is 2. The Labute approximate surface area is 160 Å². The topological polar surface area (TPSA) is 120 Å². The minimum absolute atomic E-state index is 0.0517. The van der Waals surface area contributed by atoms with Crippen LogP contribution in [0.2, 0.25) is 0 Å². The van der Waals surface area contributed by atoms with E-state index in [0.717, 1.165) is 17.2 Å². The molecule has 0 radical (unpaired) electrons. The van der Waals surface area contributed by atoms with E-state index in [1.807, 2.05) is 31.2 Å². The molecule has 1 N–H and O–H groups in total. The summed E-state index contributed by atoms with van der Waals surface area (Å²) in [5, 5.41) is 21.7. The summed E-state index contributed by atoms with van der Waals surface area (Å²) in [6.45, 7) is 3.55. The number of nitrogens with zero attached hydrogens (tertiary/aromatic N) is 3. The molecule has 0 unspecified atom stereocenters. The Kier molecular flexibility index (Phi) is 5.35. The smallest absolute Gasteiger partial charge is 0.339 e. The minimum Gasteiger partial charge on any atom is -0.449 e. The summed E-state index contributed by atoms with van der Waals surface area (Å²) in [6.07, 6.45) is -0.817. The van der Waals surface area contributed by atoms with Gasteiger partial charge in [0.15, 0.2) is 6.10 Å². The van der Waals surface area contributed by atoms with E-state index in [1.165, 1.54) is 12.1 Å². The monoisotopic (exact) mass is 382 g/mol. The van der Waals surface area contributed by atoms with Gasteiger partial charge in [0.05, 0.1) is 10.5 Å². The van der Waals surface area contributed by atoms with Gasteiger partial charge in [-0.25, -0.2) is 4.79 Å². The Balaban J connectivity index is 1.75. The fourth-order valence-corrected chi connectivity index (χ4v) is 2.51. The number of nitro benzene ring substituents is 1. The van der Waals surface area contributed by atoms with Crippen molar-refractivity contribution in [1.82, 2.24) is 10.2 Å². The average Bonchev–Trinajstić information content (AvgIpc) is 3.18. The molecule has 0 saturated heterocycles. The van der Waals surface area contributed by atoms with Gasteiger partial charge >= 0.3 is 5.97 Å². The van der Waals surface area contributed by atoms with E-state index in [2.05, 4.69) is 15.5 Å². The van der Waals surface area contributed by atoms with Crippen LogP contribution in [0.15, 0.2) is 46.9 Å². The van der Waals surface area contributed by atoms with Gasteiger partial charge in [0.1, 0.15) is 5.69 Å². The molecular weight excluding hydrogens is 364 g/mol. The van der Waals surface area contributed by atoms with Crippen LogP contribution in [0.3, 0.4) is 0 Å². The fraction of sp³-hybridized carbons (Fsp3) is 0.211. The number of nitrogens with one attached hydrogen (secondary N) is 1. The number of hydrogen-bond acceptors (Lipinski definition) is 8. The Hall–Kier alpha value is -3.75. The number of esters is 1. The highest BCUT2D eigenvalue weighted by atomic mass is 16.6. The second-order valence-electron chi connectivity index (χ2n) is 6.10. The van der Waals surface area contributed by atoms with Gasteiger partial charge in [-0.05, 0) is 38.1 Å². The van der Waals surface area contributed by atoms with Crippen molar-refractivity contribution < 1.29 is 18.9 Å². The summed E-state index contributed by atoms with van der Waals surface area (Å²) in [6, 6.07) is 11.6. The molecule has 0 saturated carbocycles. The molecule has 144 valence electrons. The van der Waals surface area contributed by atoms with Crippen molar-refractivity contribution in [2.75, 3.05) is 12.4 Å². The normalized spacial score (nSPS) is 11.7. The first-order chi connectivity index (χ1) is 13.4. The molecular formula is C19H18N4O5. The second-order valence-corrected chi connectivity index (χ2v) is 6.10. The second kappa shape index (κ2) is 7.87. The summed E-state index contributed by atoms with van der Waals surface area (Å²) >= 11 is 0. The molecule has 9 heteroatoms. The highest BCUT2D eigenvalue weighted by molar-refractivity contribution is 5.91. The van der Waals surface area contributed by atoms with Crippen molar-refractivity contribution >= 4 is 17.3 Å². The lowest BCUT2D eigenvalue weighted by molar-refractivity contribution is -0.384. The summed E-state index contributed by atoms with van der Waals surface area (Å²) in [7, 11) is 1.56. The molecule has 0 bridgehead atoms. The zero-order valence-corrected chi connectivity index (χ0v) is 15.5. The molecule has 28 heavy (non-hydrogen) atoms. The molecule has 0 spiro atoms. The number of ether oxygens (including phenoxy) is 1. The van der Waals surface area contributed by atoms with E-state index in [-0.39, 0.29) is 17.1 Å². The SMILES string of the molecule is CNc1ccc(C(=O)O[C@H](C)c2nnc(-c3ccc(C)cc3)o2)cc1[N+](=O)[O-]. The third-order valence-corrected chi connectivity index (χ3v) is 4.07. The maximum Gasteiger partial charge on any atom is 0.339 e. The van der Waals surface area contributed by atoms with Crippen LogP contribution in [0.5, 0.6) is 0 Å². The number of hydrogen-bond donors (Lipinski definition) is 1. The van der Waals surface area contributed by atoms with E-state index in [0.29, 0.717) is 11.6 Å². The van der Waals surface area contributed by atoms with Crippen LogP contribution in [0.1, 0.15) is 34.8 Å². The van der Waals surface area contributed by atoms with Gasteiger partial charge in [-0.3, -0.25) is 10.1 Å². The van der Waals surface area contributed by atoms with Gasteiger partial charge in [-0.15, -0.1) is 10.2 Å². The highest BCUT2D eigenvalue weighted by Crippen LogP contribution is 2.27. The van der Waals surface area contributed by atoms with Gasteiger partial charge in [0.2, 0.25) is 5.89 Å². The summed E-state index contributed by atoms with van der Waals surface area (Å²) in [5.41, 5.74) is 1.99. The third-order valence-electron chi connectivity index (χ3n) is 4.07. The molecule has 2 aromatic carbocycles. The summed E-state index contributed by atoms with van der Waals surface area (Å²) in [4.78, 5) is 22.9. The molecule has 0 aliphatic rings. The molecule has 0 aliphatic heterocycles. The number of anilines is 1. The summed E-state index contributed by atoms with van der Waals surface area (Å²) in [5.74, 6) is -0.287. The molecule has 1 heterocycles. The van der Waals surface area contributed by atoms with Gasteiger partial charge in [0, 0.05) is 18.7 Å². The van der Waals surface area contributed by atoms with Crippen LogP contribution in [0.4, 0.5) is 11.4 Å². The van der Waals surface area contributed by atoms with Crippen LogP contribution >= 0.6 is 0 Å². The number of rotatable bonds is 6. The zero-order valence-electron chi connectivity index (χ0n) is 15.5. The molecule has 3 aromatic rings. The quantitative estimate of drug-likeness (QED) is 0.387. The lowest BCUT2D eigenvalue weighted by Crippen LogP contribution is -2.10. The minimum atomic E-state index is -0.817. The molecule has 9 nitrogen and oxygen atoms in total. The van der Waals surface area contributed by atoms with Gasteiger partial charge in [-0.2, -0.15) is 0 Å². The highest BCUT2D eigenvalue weighted by Gasteiger charge is 2.22. The first kappa shape index (κ1) is 19.0. The van der Waals surface area contributed by atoms with Crippen LogP contribution in [0, 0.1) is 17.0 Å². The van der Waals surface area contributed by atoms with Crippen LogP contribution in [0.25, 0.3) is 11.5 Å². The largest absolute Gasteiger partial charge is 0.449 e. The standard InChI is InChI=1S/C19H18N4O5/c1-11-4-6-13(7-5-11)18-22-21-17(28-18)12(2)27-19(24)14-8-9-15(20-3)16(10-14)23(25)26/h4-10,12,20H,1-3H3/t12-/m1/s1. The molecule has 1 atom stereocenters. The maximum absolute atomic E-state index is 12.4. The van der Waals surface area contributed by atoms with Crippen molar-refractivity contribution in [2.24, 2.45) is 0 Å². The van der Waals surface area contributed by atoms with Crippen molar-refractivity contribution in [2.45, 2.75) is 20.0 Å². The predicted molar refractivity (Wildman–Crippen MR) is 101 cm³/mol. The number of nitro groups is 1. The molecule has 0 aliphatic carbocycles.